The zero-order valence-corrected chi connectivity index (χ0v) is 13.3. The van der Waals surface area contributed by atoms with Crippen LogP contribution < -0.4 is 4.72 Å². The maximum atomic E-state index is 12.3. The Hall–Kier alpha value is -1.12. The maximum absolute atomic E-state index is 12.3. The number of aliphatic hydroxyl groups is 1. The summed E-state index contributed by atoms with van der Waals surface area (Å²) in [5.74, 6) is 0.372. The molecule has 9 heteroatoms. The molecule has 0 amide bonds. The van der Waals surface area contributed by atoms with Gasteiger partial charge in [-0.1, -0.05) is 28.4 Å². The average Bonchev–Trinajstić information content (AvgIpc) is 2.84. The molecule has 114 valence electrons. The van der Waals surface area contributed by atoms with Gasteiger partial charge in [0, 0.05) is 11.1 Å². The van der Waals surface area contributed by atoms with E-state index in [2.05, 4.69) is 9.88 Å². The number of benzene rings is 1. The van der Waals surface area contributed by atoms with E-state index in [-0.39, 0.29) is 27.0 Å². The second-order valence-electron chi connectivity index (χ2n) is 4.29. The topological polar surface area (TPSA) is 92.4 Å². The fraction of sp³-hybridized carbons (Fsp3) is 0.250. The molecule has 0 fully saturated rings. The van der Waals surface area contributed by atoms with Gasteiger partial charge in [0.2, 0.25) is 10.0 Å². The molecule has 2 rings (SSSR count). The minimum absolute atomic E-state index is 0.0665. The van der Waals surface area contributed by atoms with Gasteiger partial charge in [0.05, 0.1) is 23.9 Å². The zero-order chi connectivity index (χ0) is 15.6. The number of aryl methyl sites for hydroxylation is 1. The SMILES string of the molecule is Cc1cc(CNS(=O)(=O)c2cc(Cl)cc(CO)c2Cl)on1. The summed E-state index contributed by atoms with van der Waals surface area (Å²) >= 11 is 11.8. The molecule has 0 aliphatic carbocycles. The van der Waals surface area contributed by atoms with Crippen LogP contribution in [0.1, 0.15) is 17.0 Å². The summed E-state index contributed by atoms with van der Waals surface area (Å²) in [6, 6.07) is 4.24. The second-order valence-corrected chi connectivity index (χ2v) is 6.84. The summed E-state index contributed by atoms with van der Waals surface area (Å²) in [7, 11) is -3.90. The van der Waals surface area contributed by atoms with Crippen LogP contribution in [-0.2, 0) is 23.2 Å². The van der Waals surface area contributed by atoms with Gasteiger partial charge in [-0.2, -0.15) is 0 Å². The van der Waals surface area contributed by atoms with Gasteiger partial charge >= 0.3 is 0 Å². The zero-order valence-electron chi connectivity index (χ0n) is 10.9. The lowest BCUT2D eigenvalue weighted by Crippen LogP contribution is -2.23. The first-order valence-corrected chi connectivity index (χ1v) is 8.08. The highest BCUT2D eigenvalue weighted by Crippen LogP contribution is 2.29. The summed E-state index contributed by atoms with van der Waals surface area (Å²) in [6.07, 6.45) is 0. The number of rotatable bonds is 5. The van der Waals surface area contributed by atoms with E-state index >= 15 is 0 Å². The number of nitrogens with zero attached hydrogens (tertiary/aromatic N) is 1. The molecule has 6 nitrogen and oxygen atoms in total. The fourth-order valence-electron chi connectivity index (χ4n) is 1.67. The van der Waals surface area contributed by atoms with Crippen molar-refractivity contribution >= 4 is 33.2 Å². The van der Waals surface area contributed by atoms with Crippen LogP contribution in [0, 0.1) is 6.92 Å². The lowest BCUT2D eigenvalue weighted by molar-refractivity contribution is 0.281. The molecular formula is C12H12Cl2N2O4S. The van der Waals surface area contributed by atoms with Gasteiger partial charge in [-0.05, 0) is 24.6 Å². The second kappa shape index (κ2) is 6.33. The minimum Gasteiger partial charge on any atom is -0.392 e. The van der Waals surface area contributed by atoms with Gasteiger partial charge < -0.3 is 9.63 Å². The van der Waals surface area contributed by atoms with Crippen molar-refractivity contribution in [3.8, 4) is 0 Å². The van der Waals surface area contributed by atoms with Crippen molar-refractivity contribution in [2.24, 2.45) is 0 Å². The lowest BCUT2D eigenvalue weighted by Gasteiger charge is -2.10. The van der Waals surface area contributed by atoms with E-state index in [4.69, 9.17) is 32.8 Å². The third-order valence-electron chi connectivity index (χ3n) is 2.65. The van der Waals surface area contributed by atoms with Crippen LogP contribution in [0.15, 0.2) is 27.6 Å². The number of hydrogen-bond donors (Lipinski definition) is 2. The molecule has 0 bridgehead atoms. The van der Waals surface area contributed by atoms with Crippen molar-refractivity contribution in [1.82, 2.24) is 9.88 Å². The van der Waals surface area contributed by atoms with Crippen LogP contribution in [0.5, 0.6) is 0 Å². The van der Waals surface area contributed by atoms with Crippen LogP contribution in [0.3, 0.4) is 0 Å². The summed E-state index contributed by atoms with van der Waals surface area (Å²) in [5, 5.41) is 12.9. The van der Waals surface area contributed by atoms with E-state index < -0.39 is 16.6 Å². The molecule has 1 heterocycles. The molecule has 0 unspecified atom stereocenters. The van der Waals surface area contributed by atoms with Gasteiger partial charge in [-0.3, -0.25) is 0 Å². The quantitative estimate of drug-likeness (QED) is 0.862. The molecule has 0 spiro atoms. The highest BCUT2D eigenvalue weighted by Gasteiger charge is 2.21. The van der Waals surface area contributed by atoms with Crippen LogP contribution >= 0.6 is 23.2 Å². The molecule has 1 aromatic heterocycles. The van der Waals surface area contributed by atoms with Gasteiger partial charge in [0.1, 0.15) is 4.90 Å². The molecule has 2 aromatic rings. The van der Waals surface area contributed by atoms with E-state index in [9.17, 15) is 8.42 Å². The van der Waals surface area contributed by atoms with E-state index in [1.54, 1.807) is 13.0 Å². The van der Waals surface area contributed by atoms with Crippen LogP contribution in [-0.4, -0.2) is 18.7 Å². The third-order valence-corrected chi connectivity index (χ3v) is 4.85. The molecule has 0 aliphatic rings. The van der Waals surface area contributed by atoms with Gasteiger partial charge in [-0.25, -0.2) is 13.1 Å². The van der Waals surface area contributed by atoms with Gasteiger partial charge in [-0.15, -0.1) is 0 Å². The Kier molecular flexibility index (Phi) is 4.90. The van der Waals surface area contributed by atoms with Crippen LogP contribution in [0.4, 0.5) is 0 Å². The highest BCUT2D eigenvalue weighted by atomic mass is 35.5. The van der Waals surface area contributed by atoms with Crippen molar-refractivity contribution < 1.29 is 18.0 Å². The van der Waals surface area contributed by atoms with Crippen molar-refractivity contribution in [1.29, 1.82) is 0 Å². The maximum Gasteiger partial charge on any atom is 0.242 e. The molecule has 0 saturated heterocycles. The molecule has 21 heavy (non-hydrogen) atoms. The normalized spacial score (nSPS) is 11.8. The number of aliphatic hydroxyl groups excluding tert-OH is 1. The predicted octanol–water partition coefficient (Wildman–Crippen LogP) is 2.26. The first-order valence-electron chi connectivity index (χ1n) is 5.84. The standard InChI is InChI=1S/C12H12Cl2N2O4S/c1-7-2-10(20-16-7)5-15-21(18,19)11-4-9(13)3-8(6-17)12(11)14/h2-4,15,17H,5-6H2,1H3. The highest BCUT2D eigenvalue weighted by molar-refractivity contribution is 7.89. The number of nitrogens with one attached hydrogen (secondary N) is 1. The summed E-state index contributed by atoms with van der Waals surface area (Å²) in [4.78, 5) is -0.197. The fourth-order valence-corrected chi connectivity index (χ4v) is 3.59. The Labute approximate surface area is 131 Å². The number of halogens is 2. The number of sulfonamides is 1. The van der Waals surface area contributed by atoms with Crippen LogP contribution in [0.2, 0.25) is 10.0 Å². The number of aromatic nitrogens is 1. The summed E-state index contributed by atoms with van der Waals surface area (Å²) < 4.78 is 31.8. The van der Waals surface area contributed by atoms with E-state index in [1.807, 2.05) is 0 Å². The first-order chi connectivity index (χ1) is 9.83. The van der Waals surface area contributed by atoms with E-state index in [0.29, 0.717) is 11.5 Å². The monoisotopic (exact) mass is 350 g/mol. The van der Waals surface area contributed by atoms with Crippen molar-refractivity contribution in [2.75, 3.05) is 0 Å². The Balaban J connectivity index is 2.29. The van der Waals surface area contributed by atoms with Crippen LogP contribution in [0.25, 0.3) is 0 Å². The third kappa shape index (κ3) is 3.75. The van der Waals surface area contributed by atoms with Crippen molar-refractivity contribution in [2.45, 2.75) is 25.0 Å². The molecule has 0 radical (unpaired) electrons. The first kappa shape index (κ1) is 16.3. The average molecular weight is 351 g/mol. The molecule has 0 aliphatic heterocycles. The largest absolute Gasteiger partial charge is 0.392 e. The van der Waals surface area contributed by atoms with Gasteiger partial charge in [0.15, 0.2) is 5.76 Å². The van der Waals surface area contributed by atoms with E-state index in [0.717, 1.165) is 0 Å². The Morgan fingerprint density at radius 3 is 2.62 bits per heavy atom. The molecule has 0 atom stereocenters. The van der Waals surface area contributed by atoms with Crippen molar-refractivity contribution in [3.05, 3.63) is 45.3 Å². The van der Waals surface area contributed by atoms with Gasteiger partial charge in [0.25, 0.3) is 0 Å². The molecule has 0 saturated carbocycles. The Morgan fingerprint density at radius 2 is 2.05 bits per heavy atom. The Morgan fingerprint density at radius 1 is 1.33 bits per heavy atom. The molecular weight excluding hydrogens is 339 g/mol. The minimum atomic E-state index is -3.90. The molecule has 2 N–H and O–H groups in total. The van der Waals surface area contributed by atoms with E-state index in [1.165, 1.54) is 12.1 Å². The predicted molar refractivity (Wildman–Crippen MR) is 77.7 cm³/mol. The summed E-state index contributed by atoms with van der Waals surface area (Å²) in [6.45, 7) is 1.24. The Bertz CT molecular complexity index is 759. The van der Waals surface area contributed by atoms with Crippen molar-refractivity contribution in [3.63, 3.8) is 0 Å². The smallest absolute Gasteiger partial charge is 0.242 e. The summed E-state index contributed by atoms with van der Waals surface area (Å²) in [5.41, 5.74) is 0.882. The molecule has 1 aromatic carbocycles. The number of hydrogen-bond acceptors (Lipinski definition) is 5. The lowest BCUT2D eigenvalue weighted by atomic mass is 10.2.